The molecule has 0 radical (unpaired) electrons. The number of anilines is 1. The minimum Gasteiger partial charge on any atom is -0.389 e. The van der Waals surface area contributed by atoms with E-state index in [2.05, 4.69) is 12.2 Å². The van der Waals surface area contributed by atoms with Gasteiger partial charge in [0.15, 0.2) is 0 Å². The van der Waals surface area contributed by atoms with Gasteiger partial charge in [0.05, 0.1) is 0 Å². The van der Waals surface area contributed by atoms with Crippen molar-refractivity contribution in [3.63, 3.8) is 0 Å². The Morgan fingerprint density at radius 3 is 2.89 bits per heavy atom. The molecule has 0 aliphatic heterocycles. The summed E-state index contributed by atoms with van der Waals surface area (Å²) in [4.78, 5) is 0.415. The first kappa shape index (κ1) is 13.6. The number of rotatable bonds is 3. The van der Waals surface area contributed by atoms with Crippen LogP contribution in [0.5, 0.6) is 0 Å². The summed E-state index contributed by atoms with van der Waals surface area (Å²) in [6, 6.07) is 6.12. The number of hydrogen-bond acceptors (Lipinski definition) is 2. The van der Waals surface area contributed by atoms with E-state index in [9.17, 15) is 0 Å². The highest BCUT2D eigenvalue weighted by Gasteiger charge is 2.19. The molecule has 0 bridgehead atoms. The summed E-state index contributed by atoms with van der Waals surface area (Å²) in [6.45, 7) is 2.31. The van der Waals surface area contributed by atoms with Crippen molar-refractivity contribution in [1.82, 2.24) is 0 Å². The standard InChI is InChI=1S/C14H19ClN2S/c1-9-3-2-4-11(7-9)17-13-8-10(15)5-6-12(13)14(16)18/h5-6,8-9,11,17H,2-4,7H2,1H3,(H2,16,18). The smallest absolute Gasteiger partial charge is 0.106 e. The Morgan fingerprint density at radius 1 is 1.44 bits per heavy atom. The van der Waals surface area contributed by atoms with Gasteiger partial charge < -0.3 is 11.1 Å². The largest absolute Gasteiger partial charge is 0.389 e. The molecule has 2 rings (SSSR count). The average molecular weight is 283 g/mol. The van der Waals surface area contributed by atoms with Gasteiger partial charge in [-0.15, -0.1) is 0 Å². The van der Waals surface area contributed by atoms with Crippen LogP contribution in [0.15, 0.2) is 18.2 Å². The number of halogens is 1. The lowest BCUT2D eigenvalue weighted by Gasteiger charge is -2.29. The lowest BCUT2D eigenvalue weighted by atomic mass is 9.87. The molecule has 1 fully saturated rings. The van der Waals surface area contributed by atoms with E-state index in [0.717, 1.165) is 17.2 Å². The van der Waals surface area contributed by atoms with Crippen molar-refractivity contribution >= 4 is 34.5 Å². The zero-order valence-electron chi connectivity index (χ0n) is 10.6. The summed E-state index contributed by atoms with van der Waals surface area (Å²) in [5.74, 6) is 0.781. The average Bonchev–Trinajstić information content (AvgIpc) is 2.28. The first-order chi connectivity index (χ1) is 8.56. The van der Waals surface area contributed by atoms with Gasteiger partial charge in [0.1, 0.15) is 4.99 Å². The van der Waals surface area contributed by atoms with E-state index in [0.29, 0.717) is 16.1 Å². The highest BCUT2D eigenvalue weighted by Crippen LogP contribution is 2.28. The minimum atomic E-state index is 0.415. The summed E-state index contributed by atoms with van der Waals surface area (Å²) in [6.07, 6.45) is 5.01. The predicted octanol–water partition coefficient (Wildman–Crippen LogP) is 3.96. The maximum Gasteiger partial charge on any atom is 0.106 e. The van der Waals surface area contributed by atoms with E-state index in [4.69, 9.17) is 29.6 Å². The van der Waals surface area contributed by atoms with Crippen molar-refractivity contribution in [1.29, 1.82) is 0 Å². The van der Waals surface area contributed by atoms with Crippen LogP contribution in [0, 0.1) is 5.92 Å². The summed E-state index contributed by atoms with van der Waals surface area (Å²) in [5.41, 5.74) is 7.59. The van der Waals surface area contributed by atoms with Crippen LogP contribution in [0.2, 0.25) is 5.02 Å². The quantitative estimate of drug-likeness (QED) is 0.824. The molecule has 0 saturated heterocycles. The van der Waals surface area contributed by atoms with Gasteiger partial charge >= 0.3 is 0 Å². The molecule has 98 valence electrons. The fourth-order valence-electron chi connectivity index (χ4n) is 2.64. The first-order valence-corrected chi connectivity index (χ1v) is 7.21. The van der Waals surface area contributed by atoms with Gasteiger partial charge in [-0.2, -0.15) is 0 Å². The topological polar surface area (TPSA) is 38.0 Å². The fourth-order valence-corrected chi connectivity index (χ4v) is 2.99. The van der Waals surface area contributed by atoms with Crippen LogP contribution in [-0.4, -0.2) is 11.0 Å². The van der Waals surface area contributed by atoms with E-state index in [1.807, 2.05) is 18.2 Å². The van der Waals surface area contributed by atoms with E-state index >= 15 is 0 Å². The Balaban J connectivity index is 2.16. The molecule has 1 aromatic rings. The third kappa shape index (κ3) is 3.36. The van der Waals surface area contributed by atoms with Gasteiger partial charge in [-0.25, -0.2) is 0 Å². The molecular formula is C14H19ClN2S. The van der Waals surface area contributed by atoms with Crippen LogP contribution < -0.4 is 11.1 Å². The predicted molar refractivity (Wildman–Crippen MR) is 82.4 cm³/mol. The molecule has 0 heterocycles. The normalized spacial score (nSPS) is 23.7. The maximum absolute atomic E-state index is 6.04. The molecule has 2 unspecified atom stereocenters. The van der Waals surface area contributed by atoms with Crippen LogP contribution >= 0.6 is 23.8 Å². The van der Waals surface area contributed by atoms with Gasteiger partial charge in [0.25, 0.3) is 0 Å². The number of hydrogen-bond donors (Lipinski definition) is 2. The number of benzene rings is 1. The van der Waals surface area contributed by atoms with E-state index in [-0.39, 0.29) is 0 Å². The minimum absolute atomic E-state index is 0.415. The molecule has 2 atom stereocenters. The second-order valence-electron chi connectivity index (χ2n) is 5.17. The van der Waals surface area contributed by atoms with Gasteiger partial charge in [-0.05, 0) is 37.0 Å². The Morgan fingerprint density at radius 2 is 2.22 bits per heavy atom. The van der Waals surface area contributed by atoms with Crippen molar-refractivity contribution in [3.8, 4) is 0 Å². The highest BCUT2D eigenvalue weighted by atomic mass is 35.5. The van der Waals surface area contributed by atoms with Crippen molar-refractivity contribution in [2.75, 3.05) is 5.32 Å². The molecular weight excluding hydrogens is 264 g/mol. The maximum atomic E-state index is 6.04. The summed E-state index contributed by atoms with van der Waals surface area (Å²) in [5, 5.41) is 4.26. The van der Waals surface area contributed by atoms with Crippen LogP contribution in [0.3, 0.4) is 0 Å². The van der Waals surface area contributed by atoms with Gasteiger partial charge in [-0.3, -0.25) is 0 Å². The highest BCUT2D eigenvalue weighted by molar-refractivity contribution is 7.80. The van der Waals surface area contributed by atoms with E-state index in [1.165, 1.54) is 25.7 Å². The number of nitrogens with one attached hydrogen (secondary N) is 1. The van der Waals surface area contributed by atoms with Crippen molar-refractivity contribution in [2.45, 2.75) is 38.6 Å². The van der Waals surface area contributed by atoms with E-state index in [1.54, 1.807) is 0 Å². The third-order valence-corrected chi connectivity index (χ3v) is 4.00. The van der Waals surface area contributed by atoms with Crippen molar-refractivity contribution in [2.24, 2.45) is 11.7 Å². The van der Waals surface area contributed by atoms with E-state index < -0.39 is 0 Å². The Kier molecular flexibility index (Phi) is 4.46. The van der Waals surface area contributed by atoms with Gasteiger partial charge in [0, 0.05) is 22.3 Å². The number of nitrogens with two attached hydrogens (primary N) is 1. The second kappa shape index (κ2) is 5.89. The van der Waals surface area contributed by atoms with Crippen LogP contribution in [-0.2, 0) is 0 Å². The van der Waals surface area contributed by atoms with Gasteiger partial charge in [0.2, 0.25) is 0 Å². The van der Waals surface area contributed by atoms with Crippen LogP contribution in [0.4, 0.5) is 5.69 Å². The molecule has 2 nitrogen and oxygen atoms in total. The summed E-state index contributed by atoms with van der Waals surface area (Å²) in [7, 11) is 0. The van der Waals surface area contributed by atoms with Crippen LogP contribution in [0.25, 0.3) is 0 Å². The second-order valence-corrected chi connectivity index (χ2v) is 6.04. The van der Waals surface area contributed by atoms with Crippen LogP contribution in [0.1, 0.15) is 38.2 Å². The molecule has 18 heavy (non-hydrogen) atoms. The molecule has 1 aliphatic rings. The molecule has 1 aromatic carbocycles. The lowest BCUT2D eigenvalue weighted by Crippen LogP contribution is -2.27. The Bertz CT molecular complexity index is 447. The molecule has 1 aliphatic carbocycles. The molecule has 0 aromatic heterocycles. The zero-order chi connectivity index (χ0) is 13.1. The Hall–Kier alpha value is -0.800. The monoisotopic (exact) mass is 282 g/mol. The molecule has 4 heteroatoms. The van der Waals surface area contributed by atoms with Gasteiger partial charge in [-0.1, -0.05) is 43.6 Å². The fraction of sp³-hybridized carbons (Fsp3) is 0.500. The molecule has 0 amide bonds. The first-order valence-electron chi connectivity index (χ1n) is 6.42. The Labute approximate surface area is 119 Å². The summed E-state index contributed by atoms with van der Waals surface area (Å²) < 4.78 is 0. The molecule has 3 N–H and O–H groups in total. The van der Waals surface area contributed by atoms with Crippen molar-refractivity contribution in [3.05, 3.63) is 28.8 Å². The number of thiocarbonyl (C=S) groups is 1. The zero-order valence-corrected chi connectivity index (χ0v) is 12.2. The summed E-state index contributed by atoms with van der Waals surface area (Å²) >= 11 is 11.1. The molecule has 0 spiro atoms. The lowest BCUT2D eigenvalue weighted by molar-refractivity contribution is 0.358. The SMILES string of the molecule is CC1CCCC(Nc2cc(Cl)ccc2C(N)=S)C1. The molecule has 1 saturated carbocycles. The van der Waals surface area contributed by atoms with Crippen molar-refractivity contribution < 1.29 is 0 Å². The third-order valence-electron chi connectivity index (χ3n) is 3.54.